The molecule has 2 heterocycles. The number of pyridine rings is 1. The summed E-state index contributed by atoms with van der Waals surface area (Å²) in [5.74, 6) is 0.740. The Morgan fingerprint density at radius 1 is 1.67 bits per heavy atom. The maximum Gasteiger partial charge on any atom is 0.182 e. The minimum Gasteiger partial charge on any atom is -0.361 e. The van der Waals surface area contributed by atoms with Crippen molar-refractivity contribution < 1.29 is 5.11 Å². The van der Waals surface area contributed by atoms with E-state index in [-0.39, 0.29) is 0 Å². The molecular formula is C7H8BrN3O. The fourth-order valence-electron chi connectivity index (χ4n) is 1.13. The lowest BCUT2D eigenvalue weighted by atomic mass is 10.2. The highest BCUT2D eigenvalue weighted by atomic mass is 79.9. The van der Waals surface area contributed by atoms with Crippen molar-refractivity contribution in [3.05, 3.63) is 22.3 Å². The van der Waals surface area contributed by atoms with Crippen LogP contribution in [0.25, 0.3) is 0 Å². The number of halogens is 1. The largest absolute Gasteiger partial charge is 0.361 e. The number of nitrogens with one attached hydrogen (secondary N) is 2. The van der Waals surface area contributed by atoms with E-state index in [9.17, 15) is 0 Å². The molecule has 0 aromatic carbocycles. The number of fused-ring (bicyclic) bond motifs is 1. The fraction of sp³-hybridized carbons (Fsp3) is 0.286. The zero-order chi connectivity index (χ0) is 8.55. The quantitative estimate of drug-likeness (QED) is 0.612. The maximum absolute atomic E-state index is 9.15. The average Bonchev–Trinajstić information content (AvgIpc) is 2.05. The van der Waals surface area contributed by atoms with E-state index in [0.717, 1.165) is 15.9 Å². The number of aliphatic hydroxyl groups is 1. The number of hydrogen-bond donors (Lipinski definition) is 3. The minimum atomic E-state index is -0.689. The maximum atomic E-state index is 9.15. The molecule has 0 bridgehead atoms. The zero-order valence-corrected chi connectivity index (χ0v) is 7.80. The molecular weight excluding hydrogens is 222 g/mol. The lowest BCUT2D eigenvalue weighted by Gasteiger charge is -2.23. The Kier molecular flexibility index (Phi) is 2.00. The average molecular weight is 230 g/mol. The molecule has 1 atom stereocenters. The Morgan fingerprint density at radius 3 is 3.33 bits per heavy atom. The molecule has 0 saturated carbocycles. The van der Waals surface area contributed by atoms with E-state index >= 15 is 0 Å². The van der Waals surface area contributed by atoms with Gasteiger partial charge in [0.05, 0.1) is 0 Å². The number of hydrogen-bond acceptors (Lipinski definition) is 4. The number of aliphatic hydroxyl groups excluding tert-OH is 1. The molecule has 1 aliphatic heterocycles. The van der Waals surface area contributed by atoms with Crippen LogP contribution in [0.2, 0.25) is 0 Å². The van der Waals surface area contributed by atoms with Crippen LogP contribution in [0.5, 0.6) is 0 Å². The van der Waals surface area contributed by atoms with Crippen LogP contribution in [0, 0.1) is 0 Å². The van der Waals surface area contributed by atoms with Gasteiger partial charge in [-0.1, -0.05) is 0 Å². The summed E-state index contributed by atoms with van der Waals surface area (Å²) in [6.07, 6.45) is 1.01. The Balaban J connectivity index is 2.37. The second kappa shape index (κ2) is 3.01. The van der Waals surface area contributed by atoms with E-state index in [1.54, 1.807) is 6.20 Å². The summed E-state index contributed by atoms with van der Waals surface area (Å²) in [5, 5.41) is 14.8. The van der Waals surface area contributed by atoms with Gasteiger partial charge in [-0.3, -0.25) is 5.32 Å². The van der Waals surface area contributed by atoms with Gasteiger partial charge in [0, 0.05) is 22.8 Å². The Hall–Kier alpha value is -0.650. The van der Waals surface area contributed by atoms with Crippen molar-refractivity contribution in [3.63, 3.8) is 0 Å². The van der Waals surface area contributed by atoms with Gasteiger partial charge in [-0.25, -0.2) is 4.98 Å². The summed E-state index contributed by atoms with van der Waals surface area (Å²) < 4.78 is 0.946. The molecule has 3 N–H and O–H groups in total. The molecule has 0 amide bonds. The van der Waals surface area contributed by atoms with E-state index in [0.29, 0.717) is 6.54 Å². The highest BCUT2D eigenvalue weighted by Gasteiger charge is 2.14. The third-order valence-corrected chi connectivity index (χ3v) is 2.13. The van der Waals surface area contributed by atoms with Crippen LogP contribution in [0.4, 0.5) is 5.82 Å². The first-order chi connectivity index (χ1) is 5.75. The zero-order valence-electron chi connectivity index (χ0n) is 6.21. The van der Waals surface area contributed by atoms with Crippen LogP contribution in [-0.2, 0) is 6.54 Å². The van der Waals surface area contributed by atoms with Crippen LogP contribution in [0.15, 0.2) is 16.7 Å². The topological polar surface area (TPSA) is 57.2 Å². The second-order valence-corrected chi connectivity index (χ2v) is 3.50. The third kappa shape index (κ3) is 1.43. The number of aromatic nitrogens is 1. The van der Waals surface area contributed by atoms with Crippen LogP contribution < -0.4 is 10.6 Å². The molecule has 1 aromatic heterocycles. The molecule has 1 aliphatic rings. The summed E-state index contributed by atoms with van der Waals surface area (Å²) in [6.45, 7) is 0.635. The lowest BCUT2D eigenvalue weighted by molar-refractivity contribution is 0.158. The molecule has 2 rings (SSSR count). The van der Waals surface area contributed by atoms with Gasteiger partial charge >= 0.3 is 0 Å². The highest BCUT2D eigenvalue weighted by molar-refractivity contribution is 9.10. The standard InChI is InChI=1S/C7H8BrN3O/c8-5-1-4-2-10-7(12)11-6(4)9-3-5/h1,3,7,10,12H,2H2,(H,9,11). The van der Waals surface area contributed by atoms with Gasteiger partial charge in [-0.2, -0.15) is 0 Å². The molecule has 0 fully saturated rings. The van der Waals surface area contributed by atoms with Crippen LogP contribution in [0.3, 0.4) is 0 Å². The number of anilines is 1. The highest BCUT2D eigenvalue weighted by Crippen LogP contribution is 2.20. The summed E-state index contributed by atoms with van der Waals surface area (Å²) in [7, 11) is 0. The first kappa shape index (κ1) is 7.97. The van der Waals surface area contributed by atoms with Crippen LogP contribution in [0.1, 0.15) is 5.56 Å². The molecule has 0 radical (unpaired) electrons. The predicted molar refractivity (Wildman–Crippen MR) is 48.4 cm³/mol. The minimum absolute atomic E-state index is 0.635. The molecule has 0 saturated heterocycles. The molecule has 12 heavy (non-hydrogen) atoms. The van der Waals surface area contributed by atoms with Crippen molar-refractivity contribution in [3.8, 4) is 0 Å². The number of rotatable bonds is 0. The smallest absolute Gasteiger partial charge is 0.182 e. The molecule has 5 heteroatoms. The Morgan fingerprint density at radius 2 is 2.50 bits per heavy atom. The van der Waals surface area contributed by atoms with Crippen molar-refractivity contribution in [2.24, 2.45) is 0 Å². The SMILES string of the molecule is OC1NCc2cc(Br)cnc2N1. The molecule has 1 unspecified atom stereocenters. The van der Waals surface area contributed by atoms with Crippen LogP contribution >= 0.6 is 15.9 Å². The van der Waals surface area contributed by atoms with Gasteiger partial charge in [0.1, 0.15) is 5.82 Å². The Bertz CT molecular complexity index is 305. The lowest BCUT2D eigenvalue weighted by Crippen LogP contribution is -2.40. The van der Waals surface area contributed by atoms with Crippen LogP contribution in [-0.4, -0.2) is 16.4 Å². The molecule has 1 aromatic rings. The third-order valence-electron chi connectivity index (χ3n) is 1.69. The van der Waals surface area contributed by atoms with Gasteiger partial charge < -0.3 is 10.4 Å². The summed E-state index contributed by atoms with van der Waals surface area (Å²) in [6, 6.07) is 1.97. The summed E-state index contributed by atoms with van der Waals surface area (Å²) >= 11 is 3.32. The van der Waals surface area contributed by atoms with Crippen molar-refractivity contribution in [2.45, 2.75) is 12.9 Å². The van der Waals surface area contributed by atoms with Gasteiger partial charge in [-0.05, 0) is 22.0 Å². The van der Waals surface area contributed by atoms with E-state index < -0.39 is 6.35 Å². The van der Waals surface area contributed by atoms with E-state index in [4.69, 9.17) is 5.11 Å². The normalized spacial score (nSPS) is 21.3. The fourth-order valence-corrected chi connectivity index (χ4v) is 1.51. The van der Waals surface area contributed by atoms with Gasteiger partial charge in [0.2, 0.25) is 0 Å². The van der Waals surface area contributed by atoms with E-state index in [1.807, 2.05) is 6.07 Å². The molecule has 4 nitrogen and oxygen atoms in total. The molecule has 0 spiro atoms. The summed E-state index contributed by atoms with van der Waals surface area (Å²) in [4.78, 5) is 4.11. The predicted octanol–water partition coefficient (Wildman–Crippen LogP) is 0.635. The van der Waals surface area contributed by atoms with Gasteiger partial charge in [0.25, 0.3) is 0 Å². The van der Waals surface area contributed by atoms with E-state index in [1.165, 1.54) is 0 Å². The summed E-state index contributed by atoms with van der Waals surface area (Å²) in [5.41, 5.74) is 1.05. The first-order valence-electron chi connectivity index (χ1n) is 3.58. The van der Waals surface area contributed by atoms with Crippen molar-refractivity contribution >= 4 is 21.7 Å². The second-order valence-electron chi connectivity index (χ2n) is 2.59. The van der Waals surface area contributed by atoms with Crippen molar-refractivity contribution in [1.29, 1.82) is 0 Å². The molecule has 0 aliphatic carbocycles. The first-order valence-corrected chi connectivity index (χ1v) is 4.37. The van der Waals surface area contributed by atoms with Crippen molar-refractivity contribution in [1.82, 2.24) is 10.3 Å². The van der Waals surface area contributed by atoms with E-state index in [2.05, 4.69) is 31.5 Å². The molecule has 64 valence electrons. The Labute approximate surface area is 78.1 Å². The monoisotopic (exact) mass is 229 g/mol. The van der Waals surface area contributed by atoms with Crippen molar-refractivity contribution in [2.75, 3.05) is 5.32 Å². The van der Waals surface area contributed by atoms with Gasteiger partial charge in [-0.15, -0.1) is 0 Å². The number of nitrogens with zero attached hydrogens (tertiary/aromatic N) is 1. The van der Waals surface area contributed by atoms with Gasteiger partial charge in [0.15, 0.2) is 6.35 Å².